The predicted molar refractivity (Wildman–Crippen MR) is 114 cm³/mol. The summed E-state index contributed by atoms with van der Waals surface area (Å²) in [5.74, 6) is -2.18. The minimum Gasteiger partial charge on any atom is -0.545 e. The van der Waals surface area contributed by atoms with Crippen LogP contribution in [0, 0.1) is 0 Å². The van der Waals surface area contributed by atoms with Crippen molar-refractivity contribution in [2.24, 2.45) is 0 Å². The molecule has 0 saturated heterocycles. The summed E-state index contributed by atoms with van der Waals surface area (Å²) < 4.78 is 0. The molecular weight excluding hydrogens is 416 g/mol. The zero-order chi connectivity index (χ0) is 21.3. The molecule has 0 bridgehead atoms. The Hall–Kier alpha value is -1.06. The van der Waals surface area contributed by atoms with E-state index in [0.717, 1.165) is 37.8 Å². The molecule has 0 heterocycles. The molecule has 0 fully saturated rings. The Labute approximate surface area is 189 Å². The molecule has 173 valence electrons. The average molecular weight is 458 g/mol. The van der Waals surface area contributed by atoms with Gasteiger partial charge in [-0.1, -0.05) is 103 Å². The molecule has 0 aromatic rings. The molecule has 0 aromatic carbocycles. The summed E-state index contributed by atoms with van der Waals surface area (Å²) in [5, 5.41) is 20.0. The van der Waals surface area contributed by atoms with E-state index in [9.17, 15) is 19.8 Å². The van der Waals surface area contributed by atoms with Crippen LogP contribution in [-0.4, -0.2) is 11.9 Å². The van der Waals surface area contributed by atoms with Crippen LogP contribution in [0.25, 0.3) is 0 Å². The second-order valence-corrected chi connectivity index (χ2v) is 7.26. The monoisotopic (exact) mass is 457 g/mol. The third kappa shape index (κ3) is 38.2. The van der Waals surface area contributed by atoms with Crippen molar-refractivity contribution in [1.29, 1.82) is 0 Å². The first-order chi connectivity index (χ1) is 13.5. The van der Waals surface area contributed by atoms with Crippen LogP contribution in [-0.2, 0) is 26.7 Å². The molecule has 0 amide bonds. The van der Waals surface area contributed by atoms with E-state index in [-0.39, 0.29) is 17.1 Å². The van der Waals surface area contributed by atoms with Gasteiger partial charge < -0.3 is 19.8 Å². The molecule has 0 rings (SSSR count). The topological polar surface area (TPSA) is 80.3 Å². The Bertz CT molecular complexity index is 368. The first-order valence-electron chi connectivity index (χ1n) is 11.3. The SMILES string of the molecule is CCCCCCCCCC=CC(=O)[O-].CCCCCCCCCC=CC(=O)[O-].[Cu+2]. The number of allylic oxidation sites excluding steroid dienone is 2. The number of carbonyl (C=O) groups is 2. The summed E-state index contributed by atoms with van der Waals surface area (Å²) in [6.07, 6.45) is 25.1. The van der Waals surface area contributed by atoms with E-state index in [0.29, 0.717) is 0 Å². The molecule has 0 aliphatic rings. The zero-order valence-electron chi connectivity index (χ0n) is 18.6. The second-order valence-electron chi connectivity index (χ2n) is 7.26. The van der Waals surface area contributed by atoms with Crippen molar-refractivity contribution in [3.63, 3.8) is 0 Å². The molecule has 0 spiro atoms. The second kappa shape index (κ2) is 29.1. The molecular formula is C24H42CuO4. The molecule has 0 aliphatic carbocycles. The Morgan fingerprint density at radius 1 is 0.552 bits per heavy atom. The van der Waals surface area contributed by atoms with Gasteiger partial charge in [-0.3, -0.25) is 0 Å². The van der Waals surface area contributed by atoms with E-state index < -0.39 is 11.9 Å². The summed E-state index contributed by atoms with van der Waals surface area (Å²) in [7, 11) is 0. The van der Waals surface area contributed by atoms with Gasteiger partial charge in [0.1, 0.15) is 0 Å². The number of carbonyl (C=O) groups excluding carboxylic acids is 2. The fourth-order valence-electron chi connectivity index (χ4n) is 2.80. The van der Waals surface area contributed by atoms with Crippen LogP contribution in [0.1, 0.15) is 117 Å². The maximum Gasteiger partial charge on any atom is 2.00 e. The molecule has 0 N–H and O–H groups in total. The fraction of sp³-hybridized carbons (Fsp3) is 0.750. The van der Waals surface area contributed by atoms with Crippen molar-refractivity contribution in [3.05, 3.63) is 24.3 Å². The number of aliphatic carboxylic acids is 2. The van der Waals surface area contributed by atoms with Crippen molar-refractivity contribution in [2.75, 3.05) is 0 Å². The van der Waals surface area contributed by atoms with Crippen molar-refractivity contribution in [2.45, 2.75) is 117 Å². The molecule has 29 heavy (non-hydrogen) atoms. The van der Waals surface area contributed by atoms with Gasteiger partial charge in [-0.25, -0.2) is 0 Å². The van der Waals surface area contributed by atoms with E-state index in [2.05, 4.69) is 13.8 Å². The van der Waals surface area contributed by atoms with Crippen LogP contribution in [0.15, 0.2) is 24.3 Å². The van der Waals surface area contributed by atoms with Gasteiger partial charge in [0, 0.05) is 0 Å². The van der Waals surface area contributed by atoms with E-state index >= 15 is 0 Å². The number of hydrogen-bond donors (Lipinski definition) is 0. The molecule has 0 unspecified atom stereocenters. The van der Waals surface area contributed by atoms with Crippen LogP contribution < -0.4 is 10.2 Å². The zero-order valence-corrected chi connectivity index (χ0v) is 19.5. The minimum absolute atomic E-state index is 0. The molecule has 0 saturated carbocycles. The van der Waals surface area contributed by atoms with E-state index in [4.69, 9.17) is 0 Å². The quantitative estimate of drug-likeness (QED) is 0.167. The summed E-state index contributed by atoms with van der Waals surface area (Å²) >= 11 is 0. The normalized spacial score (nSPS) is 10.6. The van der Waals surface area contributed by atoms with Crippen LogP contribution in [0.4, 0.5) is 0 Å². The van der Waals surface area contributed by atoms with Crippen molar-refractivity contribution < 1.29 is 36.9 Å². The third-order valence-corrected chi connectivity index (χ3v) is 4.46. The molecule has 0 aromatic heterocycles. The molecule has 0 aliphatic heterocycles. The molecule has 5 heteroatoms. The van der Waals surface area contributed by atoms with Crippen molar-refractivity contribution in [3.8, 4) is 0 Å². The number of carboxylic acids is 2. The van der Waals surface area contributed by atoms with Crippen LogP contribution in [0.2, 0.25) is 0 Å². The van der Waals surface area contributed by atoms with E-state index in [1.165, 1.54) is 77.0 Å². The molecule has 0 atom stereocenters. The molecule has 1 radical (unpaired) electrons. The fourth-order valence-corrected chi connectivity index (χ4v) is 2.80. The summed E-state index contributed by atoms with van der Waals surface area (Å²) in [5.41, 5.74) is 0. The van der Waals surface area contributed by atoms with Gasteiger partial charge in [0.15, 0.2) is 0 Å². The van der Waals surface area contributed by atoms with Gasteiger partial charge in [0.2, 0.25) is 0 Å². The van der Waals surface area contributed by atoms with Crippen LogP contribution in [0.5, 0.6) is 0 Å². The number of hydrogen-bond acceptors (Lipinski definition) is 4. The van der Waals surface area contributed by atoms with Gasteiger partial charge in [0.05, 0.1) is 11.9 Å². The van der Waals surface area contributed by atoms with Crippen molar-refractivity contribution in [1.82, 2.24) is 0 Å². The molecule has 4 nitrogen and oxygen atoms in total. The van der Waals surface area contributed by atoms with Gasteiger partial charge >= 0.3 is 17.1 Å². The Balaban J connectivity index is -0.000000451. The van der Waals surface area contributed by atoms with Gasteiger partial charge in [0.25, 0.3) is 0 Å². The first-order valence-corrected chi connectivity index (χ1v) is 11.3. The Kier molecular flexibility index (Phi) is 32.8. The Morgan fingerprint density at radius 3 is 1.10 bits per heavy atom. The maximum atomic E-state index is 10.0. The number of rotatable bonds is 18. The number of carboxylic acid groups (broad SMARTS) is 2. The van der Waals surface area contributed by atoms with Gasteiger partial charge in [-0.05, 0) is 37.8 Å². The summed E-state index contributed by atoms with van der Waals surface area (Å²) in [6.45, 7) is 4.43. The van der Waals surface area contributed by atoms with Gasteiger partial charge in [-0.15, -0.1) is 0 Å². The van der Waals surface area contributed by atoms with Crippen LogP contribution in [0.3, 0.4) is 0 Å². The standard InChI is InChI=1S/2C12H22O2.Cu/c2*1-2-3-4-5-6-7-8-9-10-11-12(13)14;/h2*10-11H,2-9H2,1H3,(H,13,14);/q;;+2/p-2. The summed E-state index contributed by atoms with van der Waals surface area (Å²) in [4.78, 5) is 20.0. The van der Waals surface area contributed by atoms with E-state index in [1.54, 1.807) is 12.2 Å². The first kappa shape index (κ1) is 32.6. The van der Waals surface area contributed by atoms with Crippen molar-refractivity contribution >= 4 is 11.9 Å². The smallest absolute Gasteiger partial charge is 0.545 e. The average Bonchev–Trinajstić information content (AvgIpc) is 2.65. The van der Waals surface area contributed by atoms with Crippen LogP contribution >= 0.6 is 0 Å². The summed E-state index contributed by atoms with van der Waals surface area (Å²) in [6, 6.07) is 0. The minimum atomic E-state index is -1.09. The number of unbranched alkanes of at least 4 members (excludes halogenated alkanes) is 14. The largest absolute Gasteiger partial charge is 2.00 e. The van der Waals surface area contributed by atoms with E-state index in [1.807, 2.05) is 0 Å². The van der Waals surface area contributed by atoms with Gasteiger partial charge in [-0.2, -0.15) is 0 Å². The predicted octanol–water partition coefficient (Wildman–Crippen LogP) is 4.86. The third-order valence-electron chi connectivity index (χ3n) is 4.46. The maximum absolute atomic E-state index is 10.0. The Morgan fingerprint density at radius 2 is 0.828 bits per heavy atom.